The quantitative estimate of drug-likeness (QED) is 0.168. The Morgan fingerprint density at radius 1 is 0.547 bits per heavy atom. The highest BCUT2D eigenvalue weighted by Crippen LogP contribution is 2.41. The molecule has 53 heavy (non-hydrogen) atoms. The molecular weight excluding hydrogens is 649 g/mol. The number of para-hydroxylation sites is 1. The second-order valence-electron chi connectivity index (χ2n) is 14.4. The highest BCUT2D eigenvalue weighted by Gasteiger charge is 2.19. The average molecular weight is 687 g/mol. The highest BCUT2D eigenvalue weighted by molar-refractivity contribution is 6.09. The first-order valence-corrected chi connectivity index (χ1v) is 18.0. The summed E-state index contributed by atoms with van der Waals surface area (Å²) in [5, 5.41) is 7.20. The Morgan fingerprint density at radius 2 is 1.21 bits per heavy atom. The van der Waals surface area contributed by atoms with Crippen LogP contribution >= 0.6 is 0 Å². The van der Waals surface area contributed by atoms with E-state index in [1.165, 1.54) is 10.9 Å². The zero-order valence-electron chi connectivity index (χ0n) is 29.9. The van der Waals surface area contributed by atoms with Crippen LogP contribution in [0.2, 0.25) is 0 Å². The van der Waals surface area contributed by atoms with Gasteiger partial charge in [0.25, 0.3) is 0 Å². The minimum atomic E-state index is 0.000537. The lowest BCUT2D eigenvalue weighted by molar-refractivity contribution is 0.483. The average Bonchev–Trinajstić information content (AvgIpc) is 3.82. The second kappa shape index (κ2) is 13.1. The third kappa shape index (κ3) is 6.06. The summed E-state index contributed by atoms with van der Waals surface area (Å²) in [7, 11) is 0. The van der Waals surface area contributed by atoms with Crippen molar-refractivity contribution in [3.8, 4) is 56.4 Å². The van der Waals surface area contributed by atoms with Crippen LogP contribution in [-0.4, -0.2) is 19.3 Å². The topological polar surface area (TPSA) is 44.9 Å². The van der Waals surface area contributed by atoms with Gasteiger partial charge in [-0.05, 0) is 75.7 Å². The molecule has 0 radical (unpaired) electrons. The number of ether oxygens (including phenoxy) is 1. The van der Waals surface area contributed by atoms with Crippen molar-refractivity contribution in [1.82, 2.24) is 19.3 Å². The molecule has 0 saturated carbocycles. The summed E-state index contributed by atoms with van der Waals surface area (Å²) < 4.78 is 10.7. The predicted octanol–water partition coefficient (Wildman–Crippen LogP) is 12.5. The maximum absolute atomic E-state index is 6.58. The van der Waals surface area contributed by atoms with Gasteiger partial charge in [-0.1, -0.05) is 124 Å². The molecule has 5 heteroatoms. The number of hydrogen-bond acceptors (Lipinski definition) is 3. The van der Waals surface area contributed by atoms with E-state index in [1.54, 1.807) is 0 Å². The Hall–Kier alpha value is -6.72. The van der Waals surface area contributed by atoms with E-state index in [9.17, 15) is 0 Å². The Bertz CT molecular complexity index is 2680. The van der Waals surface area contributed by atoms with Gasteiger partial charge in [0.1, 0.15) is 17.3 Å². The van der Waals surface area contributed by atoms with Crippen LogP contribution in [0.15, 0.2) is 176 Å². The van der Waals surface area contributed by atoms with Gasteiger partial charge in [-0.15, -0.1) is 0 Å². The van der Waals surface area contributed by atoms with E-state index in [0.717, 1.165) is 72.8 Å². The molecule has 0 amide bonds. The molecule has 0 unspecified atom stereocenters. The summed E-state index contributed by atoms with van der Waals surface area (Å²) in [6.45, 7) is 6.69. The van der Waals surface area contributed by atoms with E-state index < -0.39 is 0 Å². The molecule has 0 saturated heterocycles. The molecule has 9 aromatic rings. The first kappa shape index (κ1) is 32.2. The number of benzene rings is 6. The molecule has 6 aromatic carbocycles. The molecule has 3 aromatic heterocycles. The largest absolute Gasteiger partial charge is 0.457 e. The monoisotopic (exact) mass is 686 g/mol. The van der Waals surface area contributed by atoms with Gasteiger partial charge in [-0.3, -0.25) is 4.57 Å². The highest BCUT2D eigenvalue weighted by atomic mass is 16.5. The Labute approximate surface area is 309 Å². The molecular formula is C48H38N4O. The molecule has 0 aliphatic rings. The lowest BCUT2D eigenvalue weighted by atomic mass is 9.88. The molecule has 5 nitrogen and oxygen atoms in total. The van der Waals surface area contributed by atoms with Crippen molar-refractivity contribution in [3.05, 3.63) is 182 Å². The second-order valence-corrected chi connectivity index (χ2v) is 14.4. The van der Waals surface area contributed by atoms with E-state index in [4.69, 9.17) is 14.8 Å². The number of fused-ring (bicyclic) bond motifs is 3. The van der Waals surface area contributed by atoms with E-state index in [0.29, 0.717) is 0 Å². The first-order valence-electron chi connectivity index (χ1n) is 18.0. The molecule has 9 rings (SSSR count). The van der Waals surface area contributed by atoms with Gasteiger partial charge in [0.05, 0.1) is 22.9 Å². The predicted molar refractivity (Wildman–Crippen MR) is 217 cm³/mol. The smallest absolute Gasteiger partial charge is 0.137 e. The van der Waals surface area contributed by atoms with Gasteiger partial charge in [0.2, 0.25) is 0 Å². The molecule has 256 valence electrons. The summed E-state index contributed by atoms with van der Waals surface area (Å²) in [5.74, 6) is 2.36. The molecule has 0 fully saturated rings. The molecule has 0 spiro atoms. The van der Waals surface area contributed by atoms with Crippen molar-refractivity contribution in [2.75, 3.05) is 0 Å². The van der Waals surface area contributed by atoms with Gasteiger partial charge < -0.3 is 4.74 Å². The summed E-state index contributed by atoms with van der Waals surface area (Å²) >= 11 is 0. The van der Waals surface area contributed by atoms with Crippen LogP contribution in [0, 0.1) is 0 Å². The van der Waals surface area contributed by atoms with Crippen molar-refractivity contribution in [3.63, 3.8) is 0 Å². The van der Waals surface area contributed by atoms with Crippen LogP contribution in [-0.2, 0) is 5.41 Å². The summed E-state index contributed by atoms with van der Waals surface area (Å²) in [5.41, 5.74) is 11.1. The van der Waals surface area contributed by atoms with Gasteiger partial charge in [0.15, 0.2) is 0 Å². The maximum atomic E-state index is 6.58. The standard InChI is InChI=1S/C48H38N4O/c1-48(2,3)36-26-27-49-46(28-36)52-44-23-11-10-20-42(44)43-25-24-39(30-45(43)52)53-38-19-12-18-37(29-38)51-32-35(31-50-51)47-40(33-14-6-4-7-15-33)21-13-22-41(47)34-16-8-5-9-17-34/h4-32H,1-3H3. The maximum Gasteiger partial charge on any atom is 0.137 e. The lowest BCUT2D eigenvalue weighted by Crippen LogP contribution is -2.12. The van der Waals surface area contributed by atoms with Crippen LogP contribution in [0.4, 0.5) is 0 Å². The third-order valence-corrected chi connectivity index (χ3v) is 9.91. The van der Waals surface area contributed by atoms with E-state index >= 15 is 0 Å². The SMILES string of the molecule is CC(C)(C)c1ccnc(-n2c3ccccc3c3ccc(Oc4cccc(-n5cc(-c6c(-c7ccccc7)cccc6-c6ccccc6)cn5)c4)cc32)c1. The molecule has 0 aliphatic heterocycles. The lowest BCUT2D eigenvalue weighted by Gasteiger charge is -2.20. The van der Waals surface area contributed by atoms with Crippen molar-refractivity contribution >= 4 is 21.8 Å². The summed E-state index contributed by atoms with van der Waals surface area (Å²) in [4.78, 5) is 4.84. The van der Waals surface area contributed by atoms with Gasteiger partial charge >= 0.3 is 0 Å². The first-order chi connectivity index (χ1) is 25.9. The fraction of sp³-hybridized carbons (Fsp3) is 0.0833. The fourth-order valence-corrected chi connectivity index (χ4v) is 7.27. The van der Waals surface area contributed by atoms with Crippen LogP contribution in [0.25, 0.3) is 66.7 Å². The van der Waals surface area contributed by atoms with E-state index in [1.807, 2.05) is 41.3 Å². The fourth-order valence-electron chi connectivity index (χ4n) is 7.27. The summed E-state index contributed by atoms with van der Waals surface area (Å²) in [6.07, 6.45) is 5.97. The molecule has 0 N–H and O–H groups in total. The van der Waals surface area contributed by atoms with Crippen LogP contribution in [0.1, 0.15) is 26.3 Å². The zero-order chi connectivity index (χ0) is 35.9. The number of pyridine rings is 1. The van der Waals surface area contributed by atoms with Crippen LogP contribution < -0.4 is 4.74 Å². The van der Waals surface area contributed by atoms with Crippen molar-refractivity contribution in [2.45, 2.75) is 26.2 Å². The van der Waals surface area contributed by atoms with Gasteiger partial charge in [0, 0.05) is 46.4 Å². The number of aromatic nitrogens is 4. The third-order valence-electron chi connectivity index (χ3n) is 9.91. The molecule has 3 heterocycles. The Balaban J connectivity index is 1.08. The molecule has 0 atom stereocenters. The molecule has 0 aliphatic carbocycles. The number of rotatable bonds is 7. The van der Waals surface area contributed by atoms with Crippen LogP contribution in [0.3, 0.4) is 0 Å². The van der Waals surface area contributed by atoms with E-state index in [2.05, 4.69) is 165 Å². The number of hydrogen-bond donors (Lipinski definition) is 0. The van der Waals surface area contributed by atoms with Crippen molar-refractivity contribution < 1.29 is 4.74 Å². The van der Waals surface area contributed by atoms with Gasteiger partial charge in [-0.2, -0.15) is 5.10 Å². The molecule has 0 bridgehead atoms. The Morgan fingerprint density at radius 3 is 1.94 bits per heavy atom. The minimum Gasteiger partial charge on any atom is -0.457 e. The van der Waals surface area contributed by atoms with E-state index in [-0.39, 0.29) is 5.41 Å². The van der Waals surface area contributed by atoms with Gasteiger partial charge in [-0.25, -0.2) is 9.67 Å². The Kier molecular flexibility index (Phi) is 7.97. The zero-order valence-corrected chi connectivity index (χ0v) is 29.9. The minimum absolute atomic E-state index is 0.000537. The summed E-state index contributed by atoms with van der Waals surface area (Å²) in [6, 6.07) is 54.8. The normalized spacial score (nSPS) is 11.7. The number of nitrogens with zero attached hydrogens (tertiary/aromatic N) is 4. The van der Waals surface area contributed by atoms with Crippen molar-refractivity contribution in [2.24, 2.45) is 0 Å². The van der Waals surface area contributed by atoms with Crippen molar-refractivity contribution in [1.29, 1.82) is 0 Å². The van der Waals surface area contributed by atoms with Crippen LogP contribution in [0.5, 0.6) is 11.5 Å².